The number of carbonyl (C=O) groups is 2. The average Bonchev–Trinajstić information content (AvgIpc) is 3.77. The van der Waals surface area contributed by atoms with Gasteiger partial charge in [0.15, 0.2) is 17.2 Å². The van der Waals surface area contributed by atoms with E-state index in [4.69, 9.17) is 47.7 Å². The number of ether oxygens (including phenoxy) is 2. The molecule has 0 aliphatic carbocycles. The molecule has 4 aromatic heterocycles. The van der Waals surface area contributed by atoms with Gasteiger partial charge in [0.1, 0.15) is 0 Å². The highest BCUT2D eigenvalue weighted by molar-refractivity contribution is 6.39. The summed E-state index contributed by atoms with van der Waals surface area (Å²) in [5.74, 6) is 2.01. The van der Waals surface area contributed by atoms with Crippen molar-refractivity contribution in [1.29, 1.82) is 0 Å². The maximum Gasteiger partial charge on any atom is 0.220 e. The van der Waals surface area contributed by atoms with E-state index in [9.17, 15) is 9.59 Å². The Morgan fingerprint density at radius 3 is 2.56 bits per heavy atom. The summed E-state index contributed by atoms with van der Waals surface area (Å²) < 4.78 is 13.5. The van der Waals surface area contributed by atoms with Gasteiger partial charge in [-0.3, -0.25) is 19.5 Å². The van der Waals surface area contributed by atoms with Crippen molar-refractivity contribution in [2.75, 3.05) is 46.4 Å². The monoisotopic (exact) mass is 783 g/mol. The Hall–Kier alpha value is -4.82. The second kappa shape index (κ2) is 15.4. The topological polar surface area (TPSA) is 139 Å². The second-order valence-corrected chi connectivity index (χ2v) is 15.4. The highest BCUT2D eigenvalue weighted by atomic mass is 35.5. The zero-order chi connectivity index (χ0) is 38.3. The zero-order valence-corrected chi connectivity index (χ0v) is 32.6. The number of carbonyl (C=O) groups excluding carboxylic acids is 2. The standard InChI is InChI=1S/C40H43Cl2N9O4/c1-4-55-32-16-26(19-51-38(32)47-33(48-51)20-49-22-40(23-49)17-34(53)45-21-40)37-36(42)29(10-13-43-37)28-6-5-7-30(35(28)41)31-9-8-25(39(46-31)54-3)18-44-27-11-14-50(15-12-27)24(2)52/h5-10,13,16,19,27,44H,4,11-12,14-15,17-18,20-23H2,1-3H3,(H,45,53). The largest absolute Gasteiger partial charge is 0.490 e. The number of benzene rings is 1. The van der Waals surface area contributed by atoms with Crippen molar-refractivity contribution >= 4 is 40.7 Å². The van der Waals surface area contributed by atoms with Gasteiger partial charge in [-0.25, -0.2) is 14.5 Å². The number of aromatic nitrogens is 5. The molecule has 0 atom stereocenters. The van der Waals surface area contributed by atoms with E-state index in [0.717, 1.165) is 62.3 Å². The number of methoxy groups -OCH3 is 1. The third kappa shape index (κ3) is 7.45. The van der Waals surface area contributed by atoms with Crippen LogP contribution in [0.1, 0.15) is 44.5 Å². The molecule has 0 bridgehead atoms. The van der Waals surface area contributed by atoms with Crippen LogP contribution in [0.5, 0.6) is 11.6 Å². The first-order chi connectivity index (χ1) is 26.6. The van der Waals surface area contributed by atoms with E-state index in [-0.39, 0.29) is 17.2 Å². The molecule has 8 rings (SSSR count). The second-order valence-electron chi connectivity index (χ2n) is 14.6. The Morgan fingerprint density at radius 1 is 1.05 bits per heavy atom. The summed E-state index contributed by atoms with van der Waals surface area (Å²) in [6, 6.07) is 13.8. The summed E-state index contributed by atoms with van der Waals surface area (Å²) in [6.07, 6.45) is 5.96. The Kier molecular flexibility index (Phi) is 10.4. The van der Waals surface area contributed by atoms with Gasteiger partial charge >= 0.3 is 0 Å². The van der Waals surface area contributed by atoms with Gasteiger partial charge in [0.05, 0.1) is 41.7 Å². The number of nitrogens with one attached hydrogen (secondary N) is 2. The molecular formula is C40H43Cl2N9O4. The molecule has 3 saturated heterocycles. The molecule has 2 amide bonds. The lowest BCUT2D eigenvalue weighted by molar-refractivity contribution is -0.130. The SMILES string of the molecule is CCOc1cc(-c2nccc(-c3cccc(-c4ccc(CNC5CCN(C(C)=O)CC5)c(OC)n4)c3Cl)c2Cl)cn2nc(CN3CC4(CNC(=O)C4)C3)nc12. The predicted octanol–water partition coefficient (Wildman–Crippen LogP) is 5.66. The first kappa shape index (κ1) is 37.1. The van der Waals surface area contributed by atoms with E-state index in [1.54, 1.807) is 24.7 Å². The summed E-state index contributed by atoms with van der Waals surface area (Å²) in [6.45, 7) is 9.06. The van der Waals surface area contributed by atoms with Crippen molar-refractivity contribution in [3.05, 3.63) is 76.3 Å². The van der Waals surface area contributed by atoms with Crippen molar-refractivity contribution < 1.29 is 19.1 Å². The molecule has 286 valence electrons. The van der Waals surface area contributed by atoms with Gasteiger partial charge in [0, 0.05) is 104 Å². The minimum atomic E-state index is 0.0266. The van der Waals surface area contributed by atoms with Crippen molar-refractivity contribution in [1.82, 2.24) is 45.0 Å². The number of hydrogen-bond donors (Lipinski definition) is 2. The molecule has 0 saturated carbocycles. The van der Waals surface area contributed by atoms with Gasteiger partial charge in [-0.05, 0) is 38.0 Å². The zero-order valence-electron chi connectivity index (χ0n) is 31.1. The average molecular weight is 785 g/mol. The lowest BCUT2D eigenvalue weighted by Crippen LogP contribution is -2.56. The van der Waals surface area contributed by atoms with Crippen LogP contribution in [0, 0.1) is 5.41 Å². The molecule has 3 aliphatic heterocycles. The molecular weight excluding hydrogens is 741 g/mol. The molecule has 7 heterocycles. The number of piperidine rings is 1. The first-order valence-corrected chi connectivity index (χ1v) is 19.4. The van der Waals surface area contributed by atoms with Crippen LogP contribution in [0.4, 0.5) is 0 Å². The fourth-order valence-electron chi connectivity index (χ4n) is 8.02. The van der Waals surface area contributed by atoms with Crippen LogP contribution in [0.25, 0.3) is 39.3 Å². The van der Waals surface area contributed by atoms with Crippen LogP contribution < -0.4 is 20.1 Å². The third-order valence-corrected chi connectivity index (χ3v) is 11.6. The van der Waals surface area contributed by atoms with Crippen molar-refractivity contribution in [2.45, 2.75) is 52.2 Å². The number of likely N-dealkylation sites (tertiary alicyclic amines) is 2. The lowest BCUT2D eigenvalue weighted by Gasteiger charge is -2.46. The van der Waals surface area contributed by atoms with Crippen molar-refractivity contribution in [3.8, 4) is 45.3 Å². The summed E-state index contributed by atoms with van der Waals surface area (Å²) >= 11 is 14.4. The van der Waals surface area contributed by atoms with Crippen LogP contribution in [0.2, 0.25) is 10.0 Å². The van der Waals surface area contributed by atoms with E-state index >= 15 is 0 Å². The number of rotatable bonds is 11. The normalized spacial score (nSPS) is 17.1. The smallest absolute Gasteiger partial charge is 0.220 e. The van der Waals surface area contributed by atoms with E-state index < -0.39 is 0 Å². The Balaban J connectivity index is 1.03. The minimum absolute atomic E-state index is 0.0266. The molecule has 13 nitrogen and oxygen atoms in total. The molecule has 1 aromatic carbocycles. The van der Waals surface area contributed by atoms with Crippen LogP contribution in [-0.4, -0.2) is 98.7 Å². The van der Waals surface area contributed by atoms with Gasteiger partial charge in [-0.2, -0.15) is 0 Å². The first-order valence-electron chi connectivity index (χ1n) is 18.6. The molecule has 15 heteroatoms. The molecule has 5 aromatic rings. The van der Waals surface area contributed by atoms with E-state index in [0.29, 0.717) is 87.8 Å². The fraction of sp³-hybridized carbons (Fsp3) is 0.400. The van der Waals surface area contributed by atoms with Gasteiger partial charge in [-0.1, -0.05) is 47.5 Å². The quantitative estimate of drug-likeness (QED) is 0.173. The maximum atomic E-state index is 11.8. The predicted molar refractivity (Wildman–Crippen MR) is 210 cm³/mol. The Labute approximate surface area is 329 Å². The van der Waals surface area contributed by atoms with Gasteiger partial charge in [0.25, 0.3) is 0 Å². The summed E-state index contributed by atoms with van der Waals surface area (Å²) in [5.41, 5.74) is 5.69. The molecule has 0 unspecified atom stereocenters. The summed E-state index contributed by atoms with van der Waals surface area (Å²) in [5, 5.41) is 12.3. The Morgan fingerprint density at radius 2 is 1.84 bits per heavy atom. The molecule has 1 spiro atoms. The molecule has 3 fully saturated rings. The van der Waals surface area contributed by atoms with Crippen molar-refractivity contribution in [3.63, 3.8) is 0 Å². The van der Waals surface area contributed by atoms with Gasteiger partial charge in [-0.15, -0.1) is 5.10 Å². The number of pyridine rings is 3. The number of halogens is 2. The lowest BCUT2D eigenvalue weighted by atomic mass is 9.79. The highest BCUT2D eigenvalue weighted by Gasteiger charge is 2.48. The van der Waals surface area contributed by atoms with Crippen LogP contribution in [0.15, 0.2) is 54.9 Å². The fourth-order valence-corrected chi connectivity index (χ4v) is 8.67. The molecule has 3 aliphatic rings. The summed E-state index contributed by atoms with van der Waals surface area (Å²) in [7, 11) is 1.62. The molecule has 55 heavy (non-hydrogen) atoms. The minimum Gasteiger partial charge on any atom is -0.490 e. The van der Waals surface area contributed by atoms with E-state index in [1.165, 1.54) is 0 Å². The van der Waals surface area contributed by atoms with E-state index in [1.807, 2.05) is 60.5 Å². The Bertz CT molecular complexity index is 2270. The van der Waals surface area contributed by atoms with Crippen LogP contribution >= 0.6 is 23.2 Å². The number of nitrogens with zero attached hydrogens (tertiary/aromatic N) is 7. The number of amides is 2. The van der Waals surface area contributed by atoms with Gasteiger partial charge in [0.2, 0.25) is 17.7 Å². The highest BCUT2D eigenvalue weighted by Crippen LogP contribution is 2.42. The summed E-state index contributed by atoms with van der Waals surface area (Å²) in [4.78, 5) is 42.0. The molecule has 2 N–H and O–H groups in total. The van der Waals surface area contributed by atoms with Crippen LogP contribution in [0.3, 0.4) is 0 Å². The maximum absolute atomic E-state index is 11.8. The third-order valence-electron chi connectivity index (χ3n) is 10.8. The number of hydrogen-bond acceptors (Lipinski definition) is 10. The molecule has 0 radical (unpaired) electrons. The van der Waals surface area contributed by atoms with Gasteiger partial charge < -0.3 is 25.0 Å². The van der Waals surface area contributed by atoms with Crippen molar-refractivity contribution in [2.24, 2.45) is 5.41 Å². The van der Waals surface area contributed by atoms with E-state index in [2.05, 4.69) is 20.5 Å². The number of fused-ring (bicyclic) bond motifs is 1. The van der Waals surface area contributed by atoms with Crippen LogP contribution in [-0.2, 0) is 22.7 Å².